The highest BCUT2D eigenvalue weighted by Crippen LogP contribution is 2.21. The molecule has 0 aliphatic heterocycles. The number of thiocarbonyl (C=S) groups is 1. The third kappa shape index (κ3) is 5.92. The van der Waals surface area contributed by atoms with Crippen molar-refractivity contribution in [3.63, 3.8) is 0 Å². The lowest BCUT2D eigenvalue weighted by Gasteiger charge is -2.11. The first-order valence-electron chi connectivity index (χ1n) is 6.55. The molecule has 0 radical (unpaired) electrons. The van der Waals surface area contributed by atoms with E-state index in [2.05, 4.69) is 38.2 Å². The lowest BCUT2D eigenvalue weighted by atomic mass is 10.2. The molecule has 2 aromatic rings. The molecule has 2 N–H and O–H groups in total. The molecule has 23 heavy (non-hydrogen) atoms. The number of nitrogens with zero attached hydrogens (tertiary/aromatic N) is 1. The summed E-state index contributed by atoms with van der Waals surface area (Å²) in [6, 6.07) is 8.84. The zero-order chi connectivity index (χ0) is 16.8. The van der Waals surface area contributed by atoms with Gasteiger partial charge in [-0.3, -0.25) is 10.1 Å². The third-order valence-electron chi connectivity index (χ3n) is 2.72. The summed E-state index contributed by atoms with van der Waals surface area (Å²) in [5.41, 5.74) is 0.856. The molecule has 1 heterocycles. The molecule has 1 amide bonds. The van der Waals surface area contributed by atoms with Gasteiger partial charge in [0.05, 0.1) is 0 Å². The van der Waals surface area contributed by atoms with Crippen LogP contribution in [0.4, 0.5) is 5.82 Å². The van der Waals surface area contributed by atoms with Gasteiger partial charge in [-0.1, -0.05) is 11.6 Å². The maximum Gasteiger partial charge on any atom is 0.264 e. The van der Waals surface area contributed by atoms with Crippen molar-refractivity contribution in [3.05, 3.63) is 50.7 Å². The first-order chi connectivity index (χ1) is 10.9. The average molecular weight is 462 g/mol. The number of pyridine rings is 1. The first-order valence-corrected chi connectivity index (χ1v) is 8.42. The van der Waals surface area contributed by atoms with Crippen molar-refractivity contribution in [1.82, 2.24) is 10.3 Å². The van der Waals surface area contributed by atoms with Crippen molar-refractivity contribution < 1.29 is 9.53 Å². The second kappa shape index (κ2) is 8.42. The number of hydrogen-bond acceptors (Lipinski definition) is 4. The quantitative estimate of drug-likeness (QED) is 0.539. The number of hydrogen-bond donors (Lipinski definition) is 2. The third-order valence-corrected chi connectivity index (χ3v) is 3.80. The van der Waals surface area contributed by atoms with E-state index in [1.165, 1.54) is 0 Å². The highest BCUT2D eigenvalue weighted by atomic mass is 127. The molecule has 1 aromatic heterocycles. The van der Waals surface area contributed by atoms with E-state index in [4.69, 9.17) is 28.6 Å². The molecule has 120 valence electrons. The Bertz CT molecular complexity index is 725. The highest BCUT2D eigenvalue weighted by molar-refractivity contribution is 14.1. The SMILES string of the molecule is Cc1cc(Cl)ccc1OCC(=O)NC(=S)Nc1ccc(I)cn1. The predicted octanol–water partition coefficient (Wildman–Crippen LogP) is 3.54. The molecule has 5 nitrogen and oxygen atoms in total. The maximum atomic E-state index is 11.8. The molecule has 0 spiro atoms. The predicted molar refractivity (Wildman–Crippen MR) is 103 cm³/mol. The zero-order valence-electron chi connectivity index (χ0n) is 12.1. The van der Waals surface area contributed by atoms with Crippen LogP contribution in [0.25, 0.3) is 0 Å². The van der Waals surface area contributed by atoms with Crippen molar-refractivity contribution in [3.8, 4) is 5.75 Å². The van der Waals surface area contributed by atoms with Crippen LogP contribution >= 0.6 is 46.4 Å². The minimum Gasteiger partial charge on any atom is -0.483 e. The van der Waals surface area contributed by atoms with Gasteiger partial charge in [0.25, 0.3) is 5.91 Å². The van der Waals surface area contributed by atoms with Crippen molar-refractivity contribution >= 4 is 63.2 Å². The molecule has 2 rings (SSSR count). The van der Waals surface area contributed by atoms with E-state index in [1.807, 2.05) is 13.0 Å². The van der Waals surface area contributed by atoms with Gasteiger partial charge in [-0.25, -0.2) is 4.98 Å². The summed E-state index contributed by atoms with van der Waals surface area (Å²) in [5.74, 6) is 0.801. The summed E-state index contributed by atoms with van der Waals surface area (Å²) in [7, 11) is 0. The Morgan fingerprint density at radius 3 is 2.83 bits per heavy atom. The number of halogens is 2. The highest BCUT2D eigenvalue weighted by Gasteiger charge is 2.08. The molecule has 8 heteroatoms. The first kappa shape index (κ1) is 17.9. The summed E-state index contributed by atoms with van der Waals surface area (Å²) >= 11 is 13.1. The van der Waals surface area contributed by atoms with Crippen molar-refractivity contribution in [2.24, 2.45) is 0 Å². The minimum atomic E-state index is -0.359. The smallest absolute Gasteiger partial charge is 0.264 e. The molecule has 0 saturated heterocycles. The van der Waals surface area contributed by atoms with Gasteiger partial charge in [-0.15, -0.1) is 0 Å². The molecular formula is C15H13ClIN3O2S. The Hall–Kier alpha value is -1.45. The number of anilines is 1. The van der Waals surface area contributed by atoms with E-state index >= 15 is 0 Å². The Kier molecular flexibility index (Phi) is 6.55. The van der Waals surface area contributed by atoms with E-state index in [-0.39, 0.29) is 17.6 Å². The van der Waals surface area contributed by atoms with E-state index in [0.29, 0.717) is 16.6 Å². The lowest BCUT2D eigenvalue weighted by Crippen LogP contribution is -2.37. The number of ether oxygens (including phenoxy) is 1. The number of rotatable bonds is 4. The van der Waals surface area contributed by atoms with Crippen LogP contribution in [0.3, 0.4) is 0 Å². The van der Waals surface area contributed by atoms with Gasteiger partial charge < -0.3 is 10.1 Å². The van der Waals surface area contributed by atoms with E-state index < -0.39 is 0 Å². The molecule has 0 saturated carbocycles. The van der Waals surface area contributed by atoms with Gasteiger partial charge in [0.2, 0.25) is 0 Å². The van der Waals surface area contributed by atoms with Crippen LogP contribution in [0, 0.1) is 10.5 Å². The van der Waals surface area contributed by atoms with Gasteiger partial charge in [0, 0.05) is 14.8 Å². The molecular weight excluding hydrogens is 449 g/mol. The number of aryl methyl sites for hydroxylation is 1. The Morgan fingerprint density at radius 1 is 1.39 bits per heavy atom. The topological polar surface area (TPSA) is 63.2 Å². The normalized spacial score (nSPS) is 10.0. The number of amides is 1. The summed E-state index contributed by atoms with van der Waals surface area (Å²) in [6.45, 7) is 1.71. The minimum absolute atomic E-state index is 0.148. The Labute approximate surface area is 157 Å². The largest absolute Gasteiger partial charge is 0.483 e. The van der Waals surface area contributed by atoms with Gasteiger partial charge in [-0.05, 0) is 77.6 Å². The van der Waals surface area contributed by atoms with Crippen molar-refractivity contribution in [2.45, 2.75) is 6.92 Å². The van der Waals surface area contributed by atoms with Gasteiger partial charge in [0.1, 0.15) is 11.6 Å². The van der Waals surface area contributed by atoms with E-state index in [1.54, 1.807) is 30.5 Å². The van der Waals surface area contributed by atoms with Crippen molar-refractivity contribution in [2.75, 3.05) is 11.9 Å². The second-order valence-electron chi connectivity index (χ2n) is 4.56. The molecule has 0 atom stereocenters. The molecule has 0 aliphatic carbocycles. The fraction of sp³-hybridized carbons (Fsp3) is 0.133. The van der Waals surface area contributed by atoms with Crippen LogP contribution in [-0.4, -0.2) is 22.6 Å². The van der Waals surface area contributed by atoms with E-state index in [0.717, 1.165) is 9.13 Å². The van der Waals surface area contributed by atoms with Crippen LogP contribution in [0.2, 0.25) is 5.02 Å². The molecule has 0 unspecified atom stereocenters. The summed E-state index contributed by atoms with van der Waals surface area (Å²) in [5, 5.41) is 6.15. The monoisotopic (exact) mass is 461 g/mol. The fourth-order valence-electron chi connectivity index (χ4n) is 1.68. The Balaban J connectivity index is 1.82. The van der Waals surface area contributed by atoms with Gasteiger partial charge in [0.15, 0.2) is 11.7 Å². The van der Waals surface area contributed by atoms with E-state index in [9.17, 15) is 4.79 Å². The molecule has 0 bridgehead atoms. The summed E-state index contributed by atoms with van der Waals surface area (Å²) < 4.78 is 6.45. The second-order valence-corrected chi connectivity index (χ2v) is 6.65. The number of benzene rings is 1. The van der Waals surface area contributed by atoms with Crippen LogP contribution in [0.5, 0.6) is 5.75 Å². The number of nitrogens with one attached hydrogen (secondary N) is 2. The Morgan fingerprint density at radius 2 is 2.17 bits per heavy atom. The van der Waals surface area contributed by atoms with Crippen molar-refractivity contribution in [1.29, 1.82) is 0 Å². The summed E-state index contributed by atoms with van der Waals surface area (Å²) in [6.07, 6.45) is 1.69. The van der Waals surface area contributed by atoms with Crippen LogP contribution in [0.1, 0.15) is 5.56 Å². The fourth-order valence-corrected chi connectivity index (χ4v) is 2.44. The average Bonchev–Trinajstić information content (AvgIpc) is 2.48. The molecule has 0 aliphatic rings. The van der Waals surface area contributed by atoms with Gasteiger partial charge in [-0.2, -0.15) is 0 Å². The number of carbonyl (C=O) groups is 1. The van der Waals surface area contributed by atoms with Gasteiger partial charge >= 0.3 is 0 Å². The molecule has 0 fully saturated rings. The number of carbonyl (C=O) groups excluding carboxylic acids is 1. The van der Waals surface area contributed by atoms with Crippen LogP contribution < -0.4 is 15.4 Å². The summed E-state index contributed by atoms with van der Waals surface area (Å²) in [4.78, 5) is 16.0. The molecule has 1 aromatic carbocycles. The van der Waals surface area contributed by atoms with Crippen LogP contribution in [-0.2, 0) is 4.79 Å². The zero-order valence-corrected chi connectivity index (χ0v) is 15.8. The number of aromatic nitrogens is 1. The standard InChI is InChI=1S/C15H13ClIN3O2S/c1-9-6-10(16)2-4-12(9)22-8-14(21)20-15(23)19-13-5-3-11(17)7-18-13/h2-7H,8H2,1H3,(H2,18,19,20,21,23). The maximum absolute atomic E-state index is 11.8. The lowest BCUT2D eigenvalue weighted by molar-refractivity contribution is -0.121. The van der Waals surface area contributed by atoms with Crippen LogP contribution in [0.15, 0.2) is 36.5 Å².